The minimum absolute atomic E-state index is 0.0479. The lowest BCUT2D eigenvalue weighted by Crippen LogP contribution is -2.54. The predicted molar refractivity (Wildman–Crippen MR) is 167 cm³/mol. The largest absolute Gasteiger partial charge is 0.460 e. The molecule has 1 heterocycles. The zero-order valence-corrected chi connectivity index (χ0v) is 26.5. The third-order valence-electron chi connectivity index (χ3n) is 6.88. The normalized spacial score (nSPS) is 14.9. The predicted octanol–water partition coefficient (Wildman–Crippen LogP) is -0.234. The van der Waals surface area contributed by atoms with Crippen LogP contribution in [0.3, 0.4) is 0 Å². The number of hydrogen-bond donors (Lipinski definition) is 7. The van der Waals surface area contributed by atoms with Crippen molar-refractivity contribution in [1.82, 2.24) is 20.9 Å². The number of amides is 5. The fraction of sp³-hybridized carbons (Fsp3) is 0.548. The van der Waals surface area contributed by atoms with Gasteiger partial charge in [-0.3, -0.25) is 44.7 Å². The zero-order chi connectivity index (χ0) is 34.3. The molecular formula is C31H46N6O9. The van der Waals surface area contributed by atoms with E-state index in [9.17, 15) is 39.0 Å². The number of unbranched alkanes of at least 4 members (excludes halogenated alkanes) is 2. The first kappa shape index (κ1) is 38.0. The van der Waals surface area contributed by atoms with E-state index in [0.29, 0.717) is 36.9 Å². The average Bonchev–Trinajstić information content (AvgIpc) is 3.32. The SMILES string of the molecule is CC(C)(C)C(=O)OCc1ccc(NC(=O)[C@H](CCCNC(N)O)NC(=O)[C@H](CO)NC(=O)CCCCCN2C(=O)C=CC2=O)cc1. The van der Waals surface area contributed by atoms with Crippen molar-refractivity contribution in [3.8, 4) is 0 Å². The zero-order valence-electron chi connectivity index (χ0n) is 26.5. The molecule has 2 rings (SSSR count). The van der Waals surface area contributed by atoms with Gasteiger partial charge >= 0.3 is 5.97 Å². The summed E-state index contributed by atoms with van der Waals surface area (Å²) in [6.45, 7) is 5.10. The molecule has 5 amide bonds. The van der Waals surface area contributed by atoms with Crippen LogP contribution in [0.1, 0.15) is 64.9 Å². The first-order valence-electron chi connectivity index (χ1n) is 15.2. The number of carbonyl (C=O) groups excluding carboxylic acids is 6. The maximum absolute atomic E-state index is 13.2. The number of nitrogens with one attached hydrogen (secondary N) is 4. The minimum Gasteiger partial charge on any atom is -0.460 e. The number of ether oxygens (including phenoxy) is 1. The summed E-state index contributed by atoms with van der Waals surface area (Å²) in [7, 11) is 0. The van der Waals surface area contributed by atoms with Gasteiger partial charge in [-0.1, -0.05) is 18.6 Å². The molecule has 0 saturated heterocycles. The van der Waals surface area contributed by atoms with E-state index < -0.39 is 48.2 Å². The van der Waals surface area contributed by atoms with Crippen LogP contribution in [-0.2, 0) is 40.1 Å². The van der Waals surface area contributed by atoms with Crippen molar-refractivity contribution < 1.29 is 43.7 Å². The van der Waals surface area contributed by atoms with Crippen molar-refractivity contribution in [3.63, 3.8) is 0 Å². The molecule has 1 unspecified atom stereocenters. The van der Waals surface area contributed by atoms with E-state index in [1.165, 1.54) is 12.2 Å². The highest BCUT2D eigenvalue weighted by molar-refractivity contribution is 6.12. The lowest BCUT2D eigenvalue weighted by atomic mass is 9.97. The molecular weight excluding hydrogens is 600 g/mol. The van der Waals surface area contributed by atoms with Crippen LogP contribution in [0.5, 0.6) is 0 Å². The van der Waals surface area contributed by atoms with E-state index in [2.05, 4.69) is 21.3 Å². The number of rotatable bonds is 19. The number of aliphatic hydroxyl groups is 2. The molecule has 254 valence electrons. The highest BCUT2D eigenvalue weighted by atomic mass is 16.5. The van der Waals surface area contributed by atoms with Gasteiger partial charge in [-0.2, -0.15) is 0 Å². The fourth-order valence-corrected chi connectivity index (χ4v) is 4.22. The summed E-state index contributed by atoms with van der Waals surface area (Å²) in [6.07, 6.45) is 3.18. The molecule has 0 aromatic heterocycles. The number of nitrogens with zero attached hydrogens (tertiary/aromatic N) is 1. The Hall–Kier alpha value is -4.18. The molecule has 1 aromatic carbocycles. The van der Waals surface area contributed by atoms with Crippen LogP contribution in [0, 0.1) is 5.41 Å². The van der Waals surface area contributed by atoms with Crippen LogP contribution in [0.25, 0.3) is 0 Å². The number of carbonyl (C=O) groups is 6. The van der Waals surface area contributed by atoms with Gasteiger partial charge in [0, 0.05) is 30.8 Å². The van der Waals surface area contributed by atoms with E-state index in [-0.39, 0.29) is 50.3 Å². The van der Waals surface area contributed by atoms with Crippen LogP contribution >= 0.6 is 0 Å². The lowest BCUT2D eigenvalue weighted by Gasteiger charge is -2.22. The Kier molecular flexibility index (Phi) is 15.5. The van der Waals surface area contributed by atoms with Crippen LogP contribution in [-0.4, -0.2) is 88.8 Å². The summed E-state index contributed by atoms with van der Waals surface area (Å²) in [5, 5.41) is 29.4. The van der Waals surface area contributed by atoms with Gasteiger partial charge in [0.25, 0.3) is 11.8 Å². The van der Waals surface area contributed by atoms with E-state index in [1.807, 2.05) is 0 Å². The van der Waals surface area contributed by atoms with Crippen molar-refractivity contribution in [2.45, 2.75) is 84.3 Å². The third kappa shape index (κ3) is 13.4. The molecule has 0 bridgehead atoms. The topological polar surface area (TPSA) is 229 Å². The summed E-state index contributed by atoms with van der Waals surface area (Å²) < 4.78 is 5.30. The highest BCUT2D eigenvalue weighted by Gasteiger charge is 2.27. The van der Waals surface area contributed by atoms with E-state index in [1.54, 1.807) is 45.0 Å². The molecule has 0 fully saturated rings. The van der Waals surface area contributed by atoms with Gasteiger partial charge in [-0.15, -0.1) is 0 Å². The van der Waals surface area contributed by atoms with Crippen LogP contribution in [0.4, 0.5) is 5.69 Å². The van der Waals surface area contributed by atoms with Crippen LogP contribution in [0.15, 0.2) is 36.4 Å². The second kappa shape index (κ2) is 18.7. The molecule has 0 aliphatic carbocycles. The van der Waals surface area contributed by atoms with Gasteiger partial charge in [-0.25, -0.2) is 0 Å². The van der Waals surface area contributed by atoms with Gasteiger partial charge in [0.1, 0.15) is 18.7 Å². The molecule has 46 heavy (non-hydrogen) atoms. The molecule has 0 saturated carbocycles. The first-order valence-corrected chi connectivity index (χ1v) is 15.2. The summed E-state index contributed by atoms with van der Waals surface area (Å²) in [5.74, 6) is -2.89. The molecule has 15 nitrogen and oxygen atoms in total. The molecule has 1 aliphatic heterocycles. The van der Waals surface area contributed by atoms with Crippen molar-refractivity contribution in [3.05, 3.63) is 42.0 Å². The molecule has 3 atom stereocenters. The van der Waals surface area contributed by atoms with Gasteiger partial charge in [0.15, 0.2) is 6.35 Å². The second-order valence-corrected chi connectivity index (χ2v) is 11.9. The molecule has 1 aromatic rings. The summed E-state index contributed by atoms with van der Waals surface area (Å²) >= 11 is 0. The van der Waals surface area contributed by atoms with E-state index in [4.69, 9.17) is 10.5 Å². The molecule has 0 spiro atoms. The van der Waals surface area contributed by atoms with Gasteiger partial charge in [0.05, 0.1) is 12.0 Å². The number of hydrogen-bond acceptors (Lipinski definition) is 11. The number of benzene rings is 1. The Labute approximate surface area is 268 Å². The monoisotopic (exact) mass is 646 g/mol. The van der Waals surface area contributed by atoms with Crippen molar-refractivity contribution in [2.24, 2.45) is 11.1 Å². The van der Waals surface area contributed by atoms with Gasteiger partial charge < -0.3 is 30.9 Å². The molecule has 15 heteroatoms. The van der Waals surface area contributed by atoms with Crippen molar-refractivity contribution in [2.75, 3.05) is 25.0 Å². The fourth-order valence-electron chi connectivity index (χ4n) is 4.22. The number of aliphatic hydroxyl groups excluding tert-OH is 2. The number of imide groups is 1. The maximum Gasteiger partial charge on any atom is 0.311 e. The summed E-state index contributed by atoms with van der Waals surface area (Å²) in [5.41, 5.74) is 5.78. The van der Waals surface area contributed by atoms with Crippen molar-refractivity contribution >= 4 is 41.2 Å². The second-order valence-electron chi connectivity index (χ2n) is 11.9. The molecule has 0 radical (unpaired) electrons. The van der Waals surface area contributed by atoms with E-state index in [0.717, 1.165) is 4.90 Å². The number of nitrogens with two attached hydrogens (primary N) is 1. The maximum atomic E-state index is 13.2. The minimum atomic E-state index is -1.31. The smallest absolute Gasteiger partial charge is 0.311 e. The van der Waals surface area contributed by atoms with Gasteiger partial charge in [0.2, 0.25) is 17.7 Å². The van der Waals surface area contributed by atoms with E-state index >= 15 is 0 Å². The Morgan fingerprint density at radius 2 is 1.57 bits per heavy atom. The Morgan fingerprint density at radius 1 is 0.913 bits per heavy atom. The standard InChI is InChI=1S/C31H46N6O9/c1-31(2,3)29(44)46-19-20-10-12-21(13-11-20)34-27(42)22(8-7-16-33-30(32)45)36-28(43)23(18-38)35-24(39)9-5-4-6-17-37-25(40)14-15-26(37)41/h10-15,22-23,30,33,38,45H,4-9,16-19,32H2,1-3H3,(H,34,42)(H,35,39)(H,36,43)/t22-,23-,30?/m0/s1. The quantitative estimate of drug-likeness (QED) is 0.0449. The number of esters is 1. The Bertz CT molecular complexity index is 1230. The highest BCUT2D eigenvalue weighted by Crippen LogP contribution is 2.18. The first-order chi connectivity index (χ1) is 21.7. The summed E-state index contributed by atoms with van der Waals surface area (Å²) in [4.78, 5) is 74.9. The lowest BCUT2D eigenvalue weighted by molar-refractivity contribution is -0.154. The average molecular weight is 647 g/mol. The Morgan fingerprint density at radius 3 is 2.15 bits per heavy atom. The van der Waals surface area contributed by atoms with Crippen LogP contribution in [0.2, 0.25) is 0 Å². The summed E-state index contributed by atoms with van der Waals surface area (Å²) in [6, 6.07) is 4.24. The number of anilines is 1. The van der Waals surface area contributed by atoms with Crippen LogP contribution < -0.4 is 27.0 Å². The van der Waals surface area contributed by atoms with Crippen molar-refractivity contribution in [1.29, 1.82) is 0 Å². The molecule has 8 N–H and O–H groups in total. The Balaban J connectivity index is 1.90. The van der Waals surface area contributed by atoms with Gasteiger partial charge in [-0.05, 0) is 70.7 Å². The molecule has 1 aliphatic rings. The third-order valence-corrected chi connectivity index (χ3v) is 6.88.